The van der Waals surface area contributed by atoms with E-state index in [-0.39, 0.29) is 25.7 Å². The second-order valence-electron chi connectivity index (χ2n) is 26.8. The first-order chi connectivity index (χ1) is 43.3. The van der Waals surface area contributed by atoms with Crippen LogP contribution in [0.3, 0.4) is 0 Å². The van der Waals surface area contributed by atoms with Crippen molar-refractivity contribution in [1.29, 1.82) is 0 Å². The monoisotopic (exact) mass is 1320 g/mol. The van der Waals surface area contributed by atoms with Crippen molar-refractivity contribution in [3.05, 3.63) is 0 Å². The predicted octanol–water partition coefficient (Wildman–Crippen LogP) is 20.2. The maximum atomic E-state index is 13.0. The molecule has 3 unspecified atom stereocenters. The predicted molar refractivity (Wildman–Crippen MR) is 363 cm³/mol. The SMILES string of the molecule is CCCCCCCCCCCCC(=O)OC[C@H](COP(=O)(O)OC[C@H](O)COP(=O)(O)OC[C@@H](COC(=O)CCCCCCCCCCC(C)C)OC(=O)CCCCCCCCCCCCCCCCC(C)CC)OC(=O)CCCCCCCCCCC(C)C. The Kier molecular flexibility index (Phi) is 60.6. The minimum atomic E-state index is -4.95. The fraction of sp³-hybridized carbons (Fsp3) is 0.944. The lowest BCUT2D eigenvalue weighted by molar-refractivity contribution is -0.161. The molecule has 0 rings (SSSR count). The summed E-state index contributed by atoms with van der Waals surface area (Å²) >= 11 is 0. The molecule has 0 saturated heterocycles. The molecule has 90 heavy (non-hydrogen) atoms. The van der Waals surface area contributed by atoms with Gasteiger partial charge < -0.3 is 33.8 Å². The van der Waals surface area contributed by atoms with Crippen molar-refractivity contribution >= 4 is 39.5 Å². The van der Waals surface area contributed by atoms with E-state index in [2.05, 4.69) is 48.5 Å². The first-order valence-electron chi connectivity index (χ1n) is 36.9. The van der Waals surface area contributed by atoms with Gasteiger partial charge in [-0.2, -0.15) is 0 Å². The maximum absolute atomic E-state index is 13.0. The Labute approximate surface area is 549 Å². The van der Waals surface area contributed by atoms with Gasteiger partial charge in [0.05, 0.1) is 26.4 Å². The Morgan fingerprint density at radius 2 is 0.567 bits per heavy atom. The number of hydrogen-bond acceptors (Lipinski definition) is 15. The molecule has 0 amide bonds. The van der Waals surface area contributed by atoms with Crippen LogP contribution < -0.4 is 0 Å². The average Bonchev–Trinajstić information content (AvgIpc) is 2.91. The van der Waals surface area contributed by atoms with Gasteiger partial charge in [0.15, 0.2) is 12.2 Å². The third kappa shape index (κ3) is 63.5. The molecule has 19 heteroatoms. The Morgan fingerprint density at radius 3 is 0.844 bits per heavy atom. The minimum Gasteiger partial charge on any atom is -0.462 e. The van der Waals surface area contributed by atoms with Gasteiger partial charge in [-0.25, -0.2) is 9.13 Å². The number of phosphoric acid groups is 2. The van der Waals surface area contributed by atoms with Gasteiger partial charge in [0, 0.05) is 25.7 Å². The molecular weight excluding hydrogens is 1190 g/mol. The summed E-state index contributed by atoms with van der Waals surface area (Å²) in [6.07, 6.45) is 45.8. The molecule has 0 heterocycles. The number of carbonyl (C=O) groups is 4. The number of aliphatic hydroxyl groups excluding tert-OH is 1. The normalized spacial score (nSPS) is 14.5. The third-order valence-electron chi connectivity index (χ3n) is 16.7. The van der Waals surface area contributed by atoms with E-state index in [1.807, 2.05) is 0 Å². The molecule has 0 saturated carbocycles. The van der Waals surface area contributed by atoms with E-state index in [0.717, 1.165) is 108 Å². The van der Waals surface area contributed by atoms with Crippen molar-refractivity contribution in [2.75, 3.05) is 39.6 Å². The topological polar surface area (TPSA) is 237 Å². The number of esters is 4. The molecule has 0 aliphatic carbocycles. The van der Waals surface area contributed by atoms with Gasteiger partial charge in [0.1, 0.15) is 19.3 Å². The molecule has 0 bridgehead atoms. The van der Waals surface area contributed by atoms with E-state index in [1.165, 1.54) is 167 Å². The van der Waals surface area contributed by atoms with Crippen LogP contribution in [0.15, 0.2) is 0 Å². The zero-order valence-corrected chi connectivity index (χ0v) is 60.4. The number of aliphatic hydroxyl groups is 1. The lowest BCUT2D eigenvalue weighted by Gasteiger charge is -2.21. The summed E-state index contributed by atoms with van der Waals surface area (Å²) in [5, 5.41) is 10.6. The van der Waals surface area contributed by atoms with Crippen molar-refractivity contribution in [1.82, 2.24) is 0 Å². The Bertz CT molecular complexity index is 1770. The molecule has 3 N–H and O–H groups in total. The smallest absolute Gasteiger partial charge is 0.462 e. The summed E-state index contributed by atoms with van der Waals surface area (Å²) in [5.74, 6) is 0.163. The highest BCUT2D eigenvalue weighted by Crippen LogP contribution is 2.45. The molecule has 6 atom stereocenters. The molecule has 0 aromatic heterocycles. The van der Waals surface area contributed by atoms with Gasteiger partial charge in [-0.1, -0.05) is 305 Å². The van der Waals surface area contributed by atoms with Crippen LogP contribution in [0.5, 0.6) is 0 Å². The number of phosphoric ester groups is 2. The van der Waals surface area contributed by atoms with Gasteiger partial charge in [-0.05, 0) is 43.4 Å². The molecule has 0 aromatic rings. The first kappa shape index (κ1) is 88.1. The summed E-state index contributed by atoms with van der Waals surface area (Å²) in [4.78, 5) is 72.5. The van der Waals surface area contributed by atoms with Gasteiger partial charge in [-0.3, -0.25) is 37.3 Å². The molecule has 0 aromatic carbocycles. The Balaban J connectivity index is 5.22. The minimum absolute atomic E-state index is 0.104. The second-order valence-corrected chi connectivity index (χ2v) is 29.7. The fourth-order valence-electron chi connectivity index (χ4n) is 10.7. The quantitative estimate of drug-likeness (QED) is 0.0222. The van der Waals surface area contributed by atoms with Gasteiger partial charge in [0.2, 0.25) is 0 Å². The lowest BCUT2D eigenvalue weighted by atomic mass is 9.99. The van der Waals surface area contributed by atoms with Crippen LogP contribution in [0, 0.1) is 17.8 Å². The maximum Gasteiger partial charge on any atom is 0.472 e. The number of hydrogen-bond donors (Lipinski definition) is 3. The Morgan fingerprint density at radius 1 is 0.322 bits per heavy atom. The van der Waals surface area contributed by atoms with Crippen LogP contribution in [-0.4, -0.2) is 96.7 Å². The van der Waals surface area contributed by atoms with Crippen molar-refractivity contribution in [3.8, 4) is 0 Å². The second kappa shape index (κ2) is 61.9. The zero-order valence-electron chi connectivity index (χ0n) is 58.6. The van der Waals surface area contributed by atoms with Crippen molar-refractivity contribution in [3.63, 3.8) is 0 Å². The van der Waals surface area contributed by atoms with Crippen LogP contribution in [0.1, 0.15) is 357 Å². The highest BCUT2D eigenvalue weighted by Gasteiger charge is 2.30. The van der Waals surface area contributed by atoms with E-state index in [9.17, 15) is 43.2 Å². The van der Waals surface area contributed by atoms with Gasteiger partial charge in [-0.15, -0.1) is 0 Å². The van der Waals surface area contributed by atoms with E-state index in [4.69, 9.17) is 37.0 Å². The van der Waals surface area contributed by atoms with E-state index >= 15 is 0 Å². The highest BCUT2D eigenvalue weighted by molar-refractivity contribution is 7.47. The van der Waals surface area contributed by atoms with Crippen molar-refractivity contribution < 1.29 is 80.2 Å². The fourth-order valence-corrected chi connectivity index (χ4v) is 12.3. The standard InChI is InChI=1S/C71H138O17P2/c1-8-10-11-12-13-14-22-31-38-45-52-68(73)81-58-67(88-71(76)55-48-41-34-27-25-29-36-43-50-63(5)6)61-86-90(79,80)84-57-65(72)56-83-89(77,78)85-60-66(59-82-69(74)53-46-39-32-26-24-28-35-42-49-62(3)4)87-70(75)54-47-40-33-23-20-18-16-15-17-19-21-30-37-44-51-64(7)9-2/h62-67,72H,8-61H2,1-7H3,(H,77,78)(H,79,80)/t64?,65-,66-,67-/m1/s1. The first-order valence-corrected chi connectivity index (χ1v) is 39.9. The van der Waals surface area contributed by atoms with Crippen LogP contribution >= 0.6 is 15.6 Å². The molecule has 0 aliphatic rings. The molecule has 0 radical (unpaired) electrons. The van der Waals surface area contributed by atoms with Crippen molar-refractivity contribution in [2.45, 2.75) is 375 Å². The average molecular weight is 1330 g/mol. The van der Waals surface area contributed by atoms with Gasteiger partial charge >= 0.3 is 39.5 Å². The number of rotatable bonds is 69. The molecule has 0 fully saturated rings. The van der Waals surface area contributed by atoms with E-state index in [0.29, 0.717) is 25.7 Å². The molecule has 17 nitrogen and oxygen atoms in total. The molecule has 534 valence electrons. The summed E-state index contributed by atoms with van der Waals surface area (Å²) in [5.41, 5.74) is 0. The number of carbonyl (C=O) groups excluding carboxylic acids is 4. The Hall–Kier alpha value is -1.94. The molecule has 0 spiro atoms. The zero-order chi connectivity index (χ0) is 66.6. The van der Waals surface area contributed by atoms with E-state index in [1.54, 1.807) is 0 Å². The van der Waals surface area contributed by atoms with Crippen molar-refractivity contribution in [2.24, 2.45) is 17.8 Å². The largest absolute Gasteiger partial charge is 0.472 e. The molecule has 0 aliphatic heterocycles. The van der Waals surface area contributed by atoms with Crippen LogP contribution in [0.4, 0.5) is 0 Å². The number of unbranched alkanes of at least 4 members (excludes halogenated alkanes) is 36. The highest BCUT2D eigenvalue weighted by atomic mass is 31.2. The lowest BCUT2D eigenvalue weighted by Crippen LogP contribution is -2.30. The third-order valence-corrected chi connectivity index (χ3v) is 18.6. The molecular formula is C71H138O17P2. The van der Waals surface area contributed by atoms with Crippen LogP contribution in [-0.2, 0) is 65.4 Å². The summed E-state index contributed by atoms with van der Waals surface area (Å²) in [6.45, 7) is 11.8. The van der Waals surface area contributed by atoms with Crippen LogP contribution in [0.25, 0.3) is 0 Å². The van der Waals surface area contributed by atoms with Gasteiger partial charge in [0.25, 0.3) is 0 Å². The van der Waals surface area contributed by atoms with Crippen LogP contribution in [0.2, 0.25) is 0 Å². The van der Waals surface area contributed by atoms with E-state index < -0.39 is 97.5 Å². The summed E-state index contributed by atoms with van der Waals surface area (Å²) in [7, 11) is -9.90. The summed E-state index contributed by atoms with van der Waals surface area (Å²) in [6, 6.07) is 0. The number of ether oxygens (including phenoxy) is 4. The summed E-state index contributed by atoms with van der Waals surface area (Å²) < 4.78 is 68.3.